The summed E-state index contributed by atoms with van der Waals surface area (Å²) < 4.78 is 61.8. The molecule has 1 aromatic heterocycles. The van der Waals surface area contributed by atoms with Crippen LogP contribution in [0.15, 0.2) is 36.5 Å². The standard InChI is InChI=1S/C29H32F4N2O4/c1-39-21-4-5-25-22(15-21)26(19(17-36)16-34-25)23(31)6-7-29(28(37)38)8-11-35(12-9-29)10-2-3-18-13-20(30)14-24(32)27(18)33/h4-5,13-16,23,36H,2-3,6-12,17H2,1H3,(H,37,38)/t23-/m0/s1. The molecule has 6 nitrogen and oxygen atoms in total. The van der Waals surface area contributed by atoms with Gasteiger partial charge in [-0.05, 0) is 88.0 Å². The summed E-state index contributed by atoms with van der Waals surface area (Å²) in [6.07, 6.45) is 1.24. The third-order valence-corrected chi connectivity index (χ3v) is 7.81. The number of benzene rings is 2. The Kier molecular flexibility index (Phi) is 9.07. The average Bonchev–Trinajstić information content (AvgIpc) is 2.93. The number of carboxylic acids is 1. The Morgan fingerprint density at radius 3 is 2.56 bits per heavy atom. The van der Waals surface area contributed by atoms with Crippen molar-refractivity contribution in [2.45, 2.75) is 51.3 Å². The van der Waals surface area contributed by atoms with Crippen LogP contribution in [0.1, 0.15) is 55.0 Å². The minimum absolute atomic E-state index is 0.0260. The van der Waals surface area contributed by atoms with Gasteiger partial charge >= 0.3 is 5.97 Å². The molecule has 2 aromatic carbocycles. The number of fused-ring (bicyclic) bond motifs is 1. The number of carboxylic acid groups (broad SMARTS) is 1. The molecule has 0 spiro atoms. The lowest BCUT2D eigenvalue weighted by atomic mass is 9.74. The SMILES string of the molecule is COc1ccc2ncc(CO)c([C@@H](F)CCC3(C(=O)O)CCN(CCCc4cc(F)cc(F)c4F)CC3)c2c1. The smallest absolute Gasteiger partial charge is 0.309 e. The Morgan fingerprint density at radius 2 is 1.90 bits per heavy atom. The van der Waals surface area contributed by atoms with E-state index in [-0.39, 0.29) is 24.8 Å². The molecule has 1 saturated heterocycles. The Morgan fingerprint density at radius 1 is 1.15 bits per heavy atom. The van der Waals surface area contributed by atoms with Gasteiger partial charge in [-0.15, -0.1) is 0 Å². The maximum atomic E-state index is 15.8. The fourth-order valence-electron chi connectivity index (χ4n) is 5.46. The number of carbonyl (C=O) groups is 1. The molecule has 0 bridgehead atoms. The highest BCUT2D eigenvalue weighted by Gasteiger charge is 2.41. The summed E-state index contributed by atoms with van der Waals surface area (Å²) in [7, 11) is 1.50. The highest BCUT2D eigenvalue weighted by molar-refractivity contribution is 5.85. The zero-order valence-corrected chi connectivity index (χ0v) is 21.7. The van der Waals surface area contributed by atoms with Crippen LogP contribution in [0.3, 0.4) is 0 Å². The van der Waals surface area contributed by atoms with Crippen molar-refractivity contribution in [3.8, 4) is 5.75 Å². The highest BCUT2D eigenvalue weighted by Crippen LogP contribution is 2.41. The fourth-order valence-corrected chi connectivity index (χ4v) is 5.46. The Balaban J connectivity index is 1.39. The van der Waals surface area contributed by atoms with Gasteiger partial charge < -0.3 is 19.8 Å². The topological polar surface area (TPSA) is 82.9 Å². The number of aromatic nitrogens is 1. The predicted octanol–water partition coefficient (Wildman–Crippen LogP) is 5.74. The van der Waals surface area contributed by atoms with Gasteiger partial charge in [0.1, 0.15) is 17.7 Å². The molecule has 1 aliphatic rings. The average molecular weight is 549 g/mol. The first-order valence-electron chi connectivity index (χ1n) is 13.0. The minimum atomic E-state index is -1.51. The maximum absolute atomic E-state index is 15.8. The second kappa shape index (κ2) is 12.3. The van der Waals surface area contributed by atoms with Crippen molar-refractivity contribution >= 4 is 16.9 Å². The van der Waals surface area contributed by atoms with Gasteiger partial charge in [0.2, 0.25) is 0 Å². The lowest BCUT2D eigenvalue weighted by molar-refractivity contribution is -0.153. The monoisotopic (exact) mass is 548 g/mol. The number of halogens is 4. The van der Waals surface area contributed by atoms with Crippen LogP contribution in [-0.4, -0.2) is 52.8 Å². The Bertz CT molecular complexity index is 1320. The summed E-state index contributed by atoms with van der Waals surface area (Å²) >= 11 is 0. The normalized spacial score (nSPS) is 16.4. The molecule has 0 saturated carbocycles. The molecular formula is C29H32F4N2O4. The van der Waals surface area contributed by atoms with Gasteiger partial charge in [-0.2, -0.15) is 0 Å². The molecule has 0 amide bonds. The van der Waals surface area contributed by atoms with E-state index in [1.807, 2.05) is 4.90 Å². The second-order valence-electron chi connectivity index (χ2n) is 10.1. The molecule has 0 radical (unpaired) electrons. The predicted molar refractivity (Wildman–Crippen MR) is 138 cm³/mol. The number of hydrogen-bond donors (Lipinski definition) is 2. The number of piperidine rings is 1. The molecule has 1 atom stereocenters. The number of aliphatic hydroxyl groups excluding tert-OH is 1. The first-order valence-corrected chi connectivity index (χ1v) is 13.0. The second-order valence-corrected chi connectivity index (χ2v) is 10.1. The van der Waals surface area contributed by atoms with Crippen molar-refractivity contribution in [3.05, 3.63) is 70.7 Å². The summed E-state index contributed by atoms with van der Waals surface area (Å²) in [4.78, 5) is 18.7. The lowest BCUT2D eigenvalue weighted by Gasteiger charge is -2.39. The van der Waals surface area contributed by atoms with Crippen molar-refractivity contribution in [3.63, 3.8) is 0 Å². The van der Waals surface area contributed by atoms with Crippen LogP contribution in [0.25, 0.3) is 10.9 Å². The molecule has 1 fully saturated rings. The highest BCUT2D eigenvalue weighted by atomic mass is 19.2. The van der Waals surface area contributed by atoms with E-state index < -0.39 is 41.6 Å². The van der Waals surface area contributed by atoms with Crippen LogP contribution < -0.4 is 4.74 Å². The largest absolute Gasteiger partial charge is 0.497 e. The molecule has 1 aliphatic heterocycles. The summed E-state index contributed by atoms with van der Waals surface area (Å²) in [5.41, 5.74) is 0.0607. The molecule has 39 heavy (non-hydrogen) atoms. The number of methoxy groups -OCH3 is 1. The minimum Gasteiger partial charge on any atom is -0.497 e. The summed E-state index contributed by atoms with van der Waals surface area (Å²) in [5, 5.41) is 20.4. The van der Waals surface area contributed by atoms with E-state index in [4.69, 9.17) is 4.74 Å². The van der Waals surface area contributed by atoms with Crippen LogP contribution in [0, 0.1) is 22.9 Å². The number of nitrogens with zero attached hydrogens (tertiary/aromatic N) is 2. The molecule has 2 heterocycles. The number of aliphatic hydroxyl groups is 1. The van der Waals surface area contributed by atoms with Gasteiger partial charge in [0.15, 0.2) is 11.6 Å². The molecule has 3 aromatic rings. The number of alkyl halides is 1. The van der Waals surface area contributed by atoms with Crippen LogP contribution >= 0.6 is 0 Å². The maximum Gasteiger partial charge on any atom is 0.309 e. The third-order valence-electron chi connectivity index (χ3n) is 7.81. The number of aliphatic carboxylic acids is 1. The zero-order valence-electron chi connectivity index (χ0n) is 21.7. The van der Waals surface area contributed by atoms with Crippen molar-refractivity contribution in [2.75, 3.05) is 26.7 Å². The van der Waals surface area contributed by atoms with E-state index in [0.29, 0.717) is 72.7 Å². The van der Waals surface area contributed by atoms with Gasteiger partial charge in [0, 0.05) is 28.8 Å². The van der Waals surface area contributed by atoms with E-state index in [2.05, 4.69) is 4.98 Å². The molecular weight excluding hydrogens is 516 g/mol. The summed E-state index contributed by atoms with van der Waals surface area (Å²) in [6, 6.07) is 6.58. The van der Waals surface area contributed by atoms with Crippen LogP contribution in [-0.2, 0) is 17.8 Å². The number of hydrogen-bond acceptors (Lipinski definition) is 5. The zero-order chi connectivity index (χ0) is 28.2. The lowest BCUT2D eigenvalue weighted by Crippen LogP contribution is -2.44. The van der Waals surface area contributed by atoms with Crippen molar-refractivity contribution in [2.24, 2.45) is 5.41 Å². The van der Waals surface area contributed by atoms with Crippen LogP contribution in [0.2, 0.25) is 0 Å². The summed E-state index contributed by atoms with van der Waals surface area (Å²) in [6.45, 7) is 1.03. The first kappa shape index (κ1) is 28.8. The van der Waals surface area contributed by atoms with E-state index in [1.165, 1.54) is 13.3 Å². The van der Waals surface area contributed by atoms with Crippen LogP contribution in [0.4, 0.5) is 17.6 Å². The fraction of sp³-hybridized carbons (Fsp3) is 0.448. The number of ether oxygens (including phenoxy) is 1. The number of rotatable bonds is 11. The van der Waals surface area contributed by atoms with Gasteiger partial charge in [0.25, 0.3) is 0 Å². The molecule has 10 heteroatoms. The molecule has 4 rings (SSSR count). The first-order chi connectivity index (χ1) is 18.7. The molecule has 2 N–H and O–H groups in total. The summed E-state index contributed by atoms with van der Waals surface area (Å²) in [5.74, 6) is -3.55. The van der Waals surface area contributed by atoms with E-state index >= 15 is 4.39 Å². The van der Waals surface area contributed by atoms with Gasteiger partial charge in [-0.3, -0.25) is 9.78 Å². The Hall–Kier alpha value is -3.24. The Labute approximate surface area is 224 Å². The van der Waals surface area contributed by atoms with Crippen molar-refractivity contribution in [1.82, 2.24) is 9.88 Å². The van der Waals surface area contributed by atoms with Crippen molar-refractivity contribution in [1.29, 1.82) is 0 Å². The molecule has 0 unspecified atom stereocenters. The van der Waals surface area contributed by atoms with E-state index in [1.54, 1.807) is 18.2 Å². The number of aryl methyl sites for hydroxylation is 1. The molecule has 0 aliphatic carbocycles. The van der Waals surface area contributed by atoms with Gasteiger partial charge in [-0.25, -0.2) is 17.6 Å². The van der Waals surface area contributed by atoms with E-state index in [9.17, 15) is 28.2 Å². The molecule has 210 valence electrons. The number of likely N-dealkylation sites (tertiary alicyclic amines) is 1. The van der Waals surface area contributed by atoms with Crippen LogP contribution in [0.5, 0.6) is 5.75 Å². The van der Waals surface area contributed by atoms with Gasteiger partial charge in [-0.1, -0.05) is 0 Å². The quantitative estimate of drug-likeness (QED) is 0.235. The third kappa shape index (κ3) is 6.33. The van der Waals surface area contributed by atoms with Crippen molar-refractivity contribution < 1.29 is 37.3 Å². The van der Waals surface area contributed by atoms with Gasteiger partial charge in [0.05, 0.1) is 24.6 Å². The number of pyridine rings is 1. The van der Waals surface area contributed by atoms with E-state index in [0.717, 1.165) is 6.07 Å².